The van der Waals surface area contributed by atoms with E-state index in [1.165, 1.54) is 42.1 Å². The van der Waals surface area contributed by atoms with Crippen molar-refractivity contribution in [3.05, 3.63) is 140 Å². The lowest BCUT2D eigenvalue weighted by Gasteiger charge is -2.25. The Labute approximate surface area is 214 Å². The highest BCUT2D eigenvalue weighted by Gasteiger charge is 2.16. The van der Waals surface area contributed by atoms with Crippen molar-refractivity contribution in [3.8, 4) is 11.1 Å². The lowest BCUT2D eigenvalue weighted by Crippen LogP contribution is -2.09. The topological polar surface area (TPSA) is 3.24 Å². The summed E-state index contributed by atoms with van der Waals surface area (Å²) in [5.74, 6) is 0. The van der Waals surface area contributed by atoms with Crippen LogP contribution in [-0.2, 0) is 0 Å². The highest BCUT2D eigenvalue weighted by molar-refractivity contribution is 7.26. The van der Waals surface area contributed by atoms with Crippen molar-refractivity contribution in [2.45, 2.75) is 0 Å². The Bertz CT molecular complexity index is 1780. The molecule has 0 saturated heterocycles. The summed E-state index contributed by atoms with van der Waals surface area (Å²) < 4.78 is 2.69. The first kappa shape index (κ1) is 20.9. The van der Waals surface area contributed by atoms with Gasteiger partial charge in [-0.05, 0) is 64.9 Å². The minimum Gasteiger partial charge on any atom is -0.311 e. The highest BCUT2D eigenvalue weighted by atomic mass is 32.1. The van der Waals surface area contributed by atoms with E-state index in [9.17, 15) is 0 Å². The molecular weight excluding hydrogens is 454 g/mol. The summed E-state index contributed by atoms with van der Waals surface area (Å²) in [5, 5.41) is 5.31. The number of fused-ring (bicyclic) bond motifs is 5. The van der Waals surface area contributed by atoms with Crippen LogP contribution in [0, 0.1) is 0 Å². The van der Waals surface area contributed by atoms with Crippen LogP contribution in [0.5, 0.6) is 0 Å². The maximum Gasteiger partial charge on any atom is 0.0462 e. The van der Waals surface area contributed by atoms with E-state index < -0.39 is 0 Å². The third kappa shape index (κ3) is 3.46. The Balaban J connectivity index is 1.41. The quantitative estimate of drug-likeness (QED) is 0.244. The summed E-state index contributed by atoms with van der Waals surface area (Å²) in [6.07, 6.45) is 0. The number of para-hydroxylation sites is 2. The Morgan fingerprint density at radius 3 is 1.72 bits per heavy atom. The van der Waals surface area contributed by atoms with Crippen LogP contribution in [0.1, 0.15) is 0 Å². The zero-order valence-corrected chi connectivity index (χ0v) is 20.5. The zero-order chi connectivity index (χ0) is 23.9. The minimum absolute atomic E-state index is 1.14. The van der Waals surface area contributed by atoms with E-state index in [1.807, 2.05) is 11.3 Å². The summed E-state index contributed by atoms with van der Waals surface area (Å²) in [4.78, 5) is 2.30. The van der Waals surface area contributed by atoms with E-state index in [-0.39, 0.29) is 0 Å². The van der Waals surface area contributed by atoms with Gasteiger partial charge in [0.25, 0.3) is 0 Å². The van der Waals surface area contributed by atoms with Gasteiger partial charge in [0.15, 0.2) is 0 Å². The van der Waals surface area contributed by atoms with Crippen LogP contribution in [0.25, 0.3) is 42.1 Å². The first-order chi connectivity index (χ1) is 17.9. The van der Waals surface area contributed by atoms with Gasteiger partial charge in [-0.3, -0.25) is 0 Å². The van der Waals surface area contributed by atoms with Gasteiger partial charge in [-0.25, -0.2) is 0 Å². The molecule has 1 heterocycles. The van der Waals surface area contributed by atoms with Gasteiger partial charge in [0.05, 0.1) is 0 Å². The Morgan fingerprint density at radius 2 is 1.03 bits per heavy atom. The molecule has 0 bridgehead atoms. The van der Waals surface area contributed by atoms with Crippen molar-refractivity contribution in [2.75, 3.05) is 4.90 Å². The molecule has 0 fully saturated rings. The molecule has 0 aliphatic carbocycles. The molecule has 0 aliphatic heterocycles. The molecule has 0 saturated carbocycles. The second kappa shape index (κ2) is 8.67. The van der Waals surface area contributed by atoms with Crippen molar-refractivity contribution in [1.29, 1.82) is 0 Å². The van der Waals surface area contributed by atoms with E-state index >= 15 is 0 Å². The molecule has 1 nitrogen and oxygen atoms in total. The van der Waals surface area contributed by atoms with E-state index in [0.29, 0.717) is 0 Å². The van der Waals surface area contributed by atoms with Crippen LogP contribution in [0.2, 0.25) is 0 Å². The molecule has 0 radical (unpaired) electrons. The fourth-order valence-electron chi connectivity index (χ4n) is 5.18. The Morgan fingerprint density at radius 1 is 0.472 bits per heavy atom. The van der Waals surface area contributed by atoms with Crippen molar-refractivity contribution in [1.82, 2.24) is 0 Å². The summed E-state index contributed by atoms with van der Waals surface area (Å²) in [6.45, 7) is 0. The van der Waals surface area contributed by atoms with Crippen LogP contribution in [-0.4, -0.2) is 0 Å². The maximum atomic E-state index is 2.36. The van der Waals surface area contributed by atoms with E-state index in [1.54, 1.807) is 0 Å². The van der Waals surface area contributed by atoms with Crippen molar-refractivity contribution >= 4 is 59.3 Å². The molecule has 1 aromatic heterocycles. The first-order valence-electron chi connectivity index (χ1n) is 12.2. The SMILES string of the molecule is c1ccc(N(c2ccccc2)c2ccc(-c3cc4ccccc4c4c3sc3ccccc34)cc2)cc1. The van der Waals surface area contributed by atoms with Crippen LogP contribution in [0.3, 0.4) is 0 Å². The standard InChI is InChI=1S/C34H23NS/c1-3-12-26(13-4-1)35(27-14-5-2-6-15-27)28-21-19-24(20-22-28)31-23-25-11-7-8-16-29(25)33-30-17-9-10-18-32(30)36-34(31)33/h1-23H. The smallest absolute Gasteiger partial charge is 0.0462 e. The lowest BCUT2D eigenvalue weighted by molar-refractivity contribution is 1.28. The fraction of sp³-hybridized carbons (Fsp3) is 0. The van der Waals surface area contributed by atoms with E-state index in [2.05, 4.69) is 144 Å². The van der Waals surface area contributed by atoms with E-state index in [0.717, 1.165) is 17.1 Å². The third-order valence-corrected chi connectivity index (χ3v) is 8.04. The summed E-state index contributed by atoms with van der Waals surface area (Å²) >= 11 is 1.89. The number of nitrogens with zero attached hydrogens (tertiary/aromatic N) is 1. The summed E-state index contributed by atoms with van der Waals surface area (Å²) in [7, 11) is 0. The predicted molar refractivity (Wildman–Crippen MR) is 157 cm³/mol. The molecule has 0 spiro atoms. The molecule has 7 aromatic rings. The van der Waals surface area contributed by atoms with Gasteiger partial charge in [-0.2, -0.15) is 0 Å². The second-order valence-corrected chi connectivity index (χ2v) is 10.1. The van der Waals surface area contributed by atoms with Crippen molar-refractivity contribution in [3.63, 3.8) is 0 Å². The third-order valence-electron chi connectivity index (χ3n) is 6.84. The normalized spacial score (nSPS) is 11.3. The van der Waals surface area contributed by atoms with Crippen LogP contribution in [0.4, 0.5) is 17.1 Å². The van der Waals surface area contributed by atoms with Gasteiger partial charge in [-0.1, -0.05) is 91.0 Å². The molecule has 2 heteroatoms. The van der Waals surface area contributed by atoms with Gasteiger partial charge in [0.1, 0.15) is 0 Å². The van der Waals surface area contributed by atoms with Crippen molar-refractivity contribution in [2.24, 2.45) is 0 Å². The number of hydrogen-bond donors (Lipinski definition) is 0. The van der Waals surface area contributed by atoms with E-state index in [4.69, 9.17) is 0 Å². The molecule has 0 atom stereocenters. The van der Waals surface area contributed by atoms with Crippen LogP contribution in [0.15, 0.2) is 140 Å². The maximum absolute atomic E-state index is 2.36. The summed E-state index contributed by atoms with van der Waals surface area (Å²) in [6, 6.07) is 50.0. The second-order valence-electron chi connectivity index (χ2n) is 9.00. The van der Waals surface area contributed by atoms with Gasteiger partial charge < -0.3 is 4.90 Å². The van der Waals surface area contributed by atoms with Crippen LogP contribution >= 0.6 is 11.3 Å². The number of hydrogen-bond acceptors (Lipinski definition) is 2. The molecule has 0 N–H and O–H groups in total. The number of thiophene rings is 1. The van der Waals surface area contributed by atoms with Gasteiger partial charge in [-0.15, -0.1) is 11.3 Å². The van der Waals surface area contributed by atoms with Gasteiger partial charge >= 0.3 is 0 Å². The monoisotopic (exact) mass is 477 g/mol. The minimum atomic E-state index is 1.14. The average molecular weight is 478 g/mol. The molecule has 36 heavy (non-hydrogen) atoms. The van der Waals surface area contributed by atoms with Crippen LogP contribution < -0.4 is 4.90 Å². The molecule has 0 unspecified atom stereocenters. The predicted octanol–water partition coefficient (Wildman–Crippen LogP) is 10.3. The first-order valence-corrected chi connectivity index (χ1v) is 13.0. The molecule has 0 amide bonds. The highest BCUT2D eigenvalue weighted by Crippen LogP contribution is 2.44. The van der Waals surface area contributed by atoms with Gasteiger partial charge in [0.2, 0.25) is 0 Å². The molecule has 6 aromatic carbocycles. The fourth-order valence-corrected chi connectivity index (χ4v) is 6.44. The lowest BCUT2D eigenvalue weighted by atomic mass is 9.96. The molecular formula is C34H23NS. The summed E-state index contributed by atoms with van der Waals surface area (Å²) in [5.41, 5.74) is 5.97. The molecule has 0 aliphatic rings. The Kier molecular flexibility index (Phi) is 5.04. The molecule has 7 rings (SSSR count). The van der Waals surface area contributed by atoms with Crippen molar-refractivity contribution < 1.29 is 0 Å². The number of anilines is 3. The number of benzene rings is 6. The number of rotatable bonds is 4. The Hall–Kier alpha value is -4.40. The molecule has 170 valence electrons. The largest absolute Gasteiger partial charge is 0.311 e. The average Bonchev–Trinajstić information content (AvgIpc) is 3.34. The zero-order valence-electron chi connectivity index (χ0n) is 19.6. The van der Waals surface area contributed by atoms with Gasteiger partial charge in [0, 0.05) is 42.8 Å².